The van der Waals surface area contributed by atoms with Crippen LogP contribution in [-0.2, 0) is 11.3 Å². The number of halogens is 1. The quantitative estimate of drug-likeness (QED) is 0.650. The molecule has 0 saturated carbocycles. The highest BCUT2D eigenvalue weighted by molar-refractivity contribution is 9.10. The van der Waals surface area contributed by atoms with E-state index in [1.54, 1.807) is 19.3 Å². The highest BCUT2D eigenvalue weighted by Gasteiger charge is 2.28. The first-order valence-electron chi connectivity index (χ1n) is 8.78. The highest BCUT2D eigenvalue weighted by Crippen LogP contribution is 2.35. The minimum Gasteiger partial charge on any atom is -0.503 e. The Kier molecular flexibility index (Phi) is 7.72. The van der Waals surface area contributed by atoms with Crippen LogP contribution in [0.25, 0.3) is 0 Å². The average Bonchev–Trinajstić information content (AvgIpc) is 2.64. The third kappa shape index (κ3) is 5.11. The lowest BCUT2D eigenvalue weighted by Gasteiger charge is -2.33. The number of nitrogens with zero attached hydrogens (tertiary/aromatic N) is 2. The lowest BCUT2D eigenvalue weighted by Crippen LogP contribution is -2.42. The molecule has 1 aliphatic rings. The van der Waals surface area contributed by atoms with E-state index >= 15 is 0 Å². The van der Waals surface area contributed by atoms with E-state index in [2.05, 4.69) is 34.0 Å². The van der Waals surface area contributed by atoms with Gasteiger partial charge in [-0.25, -0.2) is 0 Å². The maximum absolute atomic E-state index is 12.7. The second-order valence-corrected chi connectivity index (χ2v) is 7.35. The van der Waals surface area contributed by atoms with Crippen LogP contribution in [0.4, 0.5) is 0 Å². The summed E-state index contributed by atoms with van der Waals surface area (Å²) in [5.74, 6) is 0.833. The van der Waals surface area contributed by atoms with Gasteiger partial charge in [-0.3, -0.25) is 9.69 Å². The van der Waals surface area contributed by atoms with Gasteiger partial charge in [0.15, 0.2) is 11.5 Å². The zero-order valence-corrected chi connectivity index (χ0v) is 16.9. The van der Waals surface area contributed by atoms with Crippen LogP contribution in [0.15, 0.2) is 41.9 Å². The Balaban J connectivity index is 1.94. The van der Waals surface area contributed by atoms with Gasteiger partial charge in [-0.1, -0.05) is 12.2 Å². The van der Waals surface area contributed by atoms with Gasteiger partial charge in [0.1, 0.15) is 0 Å². The maximum atomic E-state index is 12.7. The molecule has 1 amide bonds. The first kappa shape index (κ1) is 20.5. The zero-order valence-electron chi connectivity index (χ0n) is 15.3. The van der Waals surface area contributed by atoms with Crippen molar-refractivity contribution in [3.8, 4) is 11.5 Å². The molecule has 1 N–H and O–H groups in total. The van der Waals surface area contributed by atoms with Crippen LogP contribution in [0.3, 0.4) is 0 Å². The summed E-state index contributed by atoms with van der Waals surface area (Å²) in [5.41, 5.74) is 1.07. The maximum Gasteiger partial charge on any atom is 0.226 e. The molecule has 142 valence electrons. The van der Waals surface area contributed by atoms with E-state index in [1.807, 2.05) is 17.0 Å². The number of likely N-dealkylation sites (tertiary alicyclic amines) is 1. The van der Waals surface area contributed by atoms with Crippen LogP contribution in [0.5, 0.6) is 11.5 Å². The molecule has 6 heteroatoms. The van der Waals surface area contributed by atoms with Crippen LogP contribution in [-0.4, -0.2) is 54.1 Å². The van der Waals surface area contributed by atoms with E-state index in [1.165, 1.54) is 0 Å². The van der Waals surface area contributed by atoms with Gasteiger partial charge in [0, 0.05) is 25.6 Å². The van der Waals surface area contributed by atoms with E-state index in [9.17, 15) is 9.90 Å². The predicted octanol–water partition coefficient (Wildman–Crippen LogP) is 3.58. The number of carbonyl (C=O) groups excluding carboxylic acids is 1. The minimum absolute atomic E-state index is 0.0623. The van der Waals surface area contributed by atoms with Crippen molar-refractivity contribution in [1.29, 1.82) is 0 Å². The van der Waals surface area contributed by atoms with Gasteiger partial charge in [-0.05, 0) is 59.6 Å². The van der Waals surface area contributed by atoms with Gasteiger partial charge in [0.05, 0.1) is 11.6 Å². The van der Waals surface area contributed by atoms with E-state index in [-0.39, 0.29) is 17.6 Å². The molecule has 0 bridgehead atoms. The second kappa shape index (κ2) is 9.78. The summed E-state index contributed by atoms with van der Waals surface area (Å²) in [6.07, 6.45) is 5.21. The van der Waals surface area contributed by atoms with Gasteiger partial charge < -0.3 is 14.7 Å². The van der Waals surface area contributed by atoms with Crippen LogP contribution < -0.4 is 4.74 Å². The Hall–Kier alpha value is -1.79. The first-order chi connectivity index (χ1) is 12.5. The first-order valence-corrected chi connectivity index (χ1v) is 9.57. The van der Waals surface area contributed by atoms with Crippen LogP contribution in [0.2, 0.25) is 0 Å². The molecular formula is C20H27BrN2O3. The number of amides is 1. The van der Waals surface area contributed by atoms with Crippen molar-refractivity contribution in [1.82, 2.24) is 9.80 Å². The summed E-state index contributed by atoms with van der Waals surface area (Å²) in [5, 5.41) is 9.92. The van der Waals surface area contributed by atoms with Gasteiger partial charge in [0.25, 0.3) is 0 Å². The number of rotatable bonds is 8. The number of piperidine rings is 1. The Morgan fingerprint density at radius 1 is 1.35 bits per heavy atom. The molecule has 5 nitrogen and oxygen atoms in total. The number of aromatic hydroxyl groups is 1. The van der Waals surface area contributed by atoms with Crippen molar-refractivity contribution in [3.05, 3.63) is 47.5 Å². The van der Waals surface area contributed by atoms with Gasteiger partial charge >= 0.3 is 0 Å². The average molecular weight is 423 g/mol. The molecule has 1 heterocycles. The summed E-state index contributed by atoms with van der Waals surface area (Å²) < 4.78 is 5.84. The SMILES string of the molecule is C=CCN(CC=C)C(=O)C1CCN(Cc2cc(Br)c(O)c(OC)c2)CC1. The molecule has 1 aliphatic heterocycles. The smallest absolute Gasteiger partial charge is 0.226 e. The van der Waals surface area contributed by atoms with Crippen molar-refractivity contribution >= 4 is 21.8 Å². The molecule has 2 rings (SSSR count). The Morgan fingerprint density at radius 3 is 2.50 bits per heavy atom. The second-order valence-electron chi connectivity index (χ2n) is 6.50. The van der Waals surface area contributed by atoms with Gasteiger partial charge in [-0.2, -0.15) is 0 Å². The molecular weight excluding hydrogens is 396 g/mol. The van der Waals surface area contributed by atoms with Crippen molar-refractivity contribution in [2.45, 2.75) is 19.4 Å². The number of phenols is 1. The predicted molar refractivity (Wildman–Crippen MR) is 107 cm³/mol. The van der Waals surface area contributed by atoms with E-state index in [0.29, 0.717) is 23.3 Å². The summed E-state index contributed by atoms with van der Waals surface area (Å²) in [6.45, 7) is 11.1. The molecule has 0 unspecified atom stereocenters. The number of hydrogen-bond donors (Lipinski definition) is 1. The molecule has 1 aromatic carbocycles. The summed E-state index contributed by atoms with van der Waals surface area (Å²) in [7, 11) is 1.54. The largest absolute Gasteiger partial charge is 0.503 e. The molecule has 0 atom stereocenters. The number of methoxy groups -OCH3 is 1. The van der Waals surface area contributed by atoms with Crippen LogP contribution in [0, 0.1) is 5.92 Å². The van der Waals surface area contributed by atoms with Crippen molar-refractivity contribution in [3.63, 3.8) is 0 Å². The van der Waals surface area contributed by atoms with E-state index in [4.69, 9.17) is 4.74 Å². The van der Waals surface area contributed by atoms with Crippen LogP contribution >= 0.6 is 15.9 Å². The lowest BCUT2D eigenvalue weighted by molar-refractivity contribution is -0.136. The summed E-state index contributed by atoms with van der Waals surface area (Å²) >= 11 is 3.36. The highest BCUT2D eigenvalue weighted by atomic mass is 79.9. The molecule has 1 fully saturated rings. The topological polar surface area (TPSA) is 53.0 Å². The fraction of sp³-hybridized carbons (Fsp3) is 0.450. The molecule has 0 aliphatic carbocycles. The standard InChI is InChI=1S/C20H27BrN2O3/c1-4-8-23(9-5-2)20(25)16-6-10-22(11-7-16)14-15-12-17(21)19(24)18(13-15)26-3/h4-5,12-13,16,24H,1-2,6-11,14H2,3H3. The molecule has 0 radical (unpaired) electrons. The lowest BCUT2D eigenvalue weighted by atomic mass is 9.94. The number of ether oxygens (including phenoxy) is 1. The normalized spacial score (nSPS) is 15.5. The van der Waals surface area contributed by atoms with Crippen molar-refractivity contribution in [2.75, 3.05) is 33.3 Å². The summed E-state index contributed by atoms with van der Waals surface area (Å²) in [4.78, 5) is 16.8. The molecule has 0 aromatic heterocycles. The molecule has 1 saturated heterocycles. The molecule has 1 aromatic rings. The zero-order chi connectivity index (χ0) is 19.1. The fourth-order valence-electron chi connectivity index (χ4n) is 3.29. The molecule has 26 heavy (non-hydrogen) atoms. The molecule has 0 spiro atoms. The van der Waals surface area contributed by atoms with Gasteiger partial charge in [0.2, 0.25) is 5.91 Å². The van der Waals surface area contributed by atoms with E-state index < -0.39 is 0 Å². The fourth-order valence-corrected chi connectivity index (χ4v) is 3.78. The van der Waals surface area contributed by atoms with Crippen molar-refractivity contribution in [2.24, 2.45) is 5.92 Å². The third-order valence-corrected chi connectivity index (χ3v) is 5.27. The summed E-state index contributed by atoms with van der Waals surface area (Å²) in [6, 6.07) is 3.76. The van der Waals surface area contributed by atoms with Gasteiger partial charge in [-0.15, -0.1) is 13.2 Å². The number of benzene rings is 1. The van der Waals surface area contributed by atoms with Crippen molar-refractivity contribution < 1.29 is 14.6 Å². The monoisotopic (exact) mass is 422 g/mol. The third-order valence-electron chi connectivity index (χ3n) is 4.66. The Morgan fingerprint density at radius 2 is 1.96 bits per heavy atom. The Labute approximate surface area is 164 Å². The number of phenolic OH excluding ortho intramolecular Hbond substituents is 1. The van der Waals surface area contributed by atoms with Crippen LogP contribution in [0.1, 0.15) is 18.4 Å². The number of hydrogen-bond acceptors (Lipinski definition) is 4. The van der Waals surface area contributed by atoms with E-state index in [0.717, 1.165) is 38.0 Å². The number of carbonyl (C=O) groups is 1. The Bertz CT molecular complexity index is 645. The minimum atomic E-state index is 0.0623.